The van der Waals surface area contributed by atoms with Crippen molar-refractivity contribution in [3.05, 3.63) is 35.4 Å². The molecule has 0 aromatic heterocycles. The molecule has 1 aromatic carbocycles. The van der Waals surface area contributed by atoms with Crippen molar-refractivity contribution in [3.63, 3.8) is 0 Å². The first-order chi connectivity index (χ1) is 8.74. The molecule has 4 nitrogen and oxygen atoms in total. The molecule has 1 aromatic rings. The van der Waals surface area contributed by atoms with E-state index >= 15 is 0 Å². The minimum absolute atomic E-state index is 0.362. The van der Waals surface area contributed by atoms with Crippen LogP contribution in [0, 0.1) is 11.3 Å². The highest BCUT2D eigenvalue weighted by Gasteiger charge is 2.23. The average Bonchev–Trinajstić information content (AvgIpc) is 2.28. The predicted octanol–water partition coefficient (Wildman–Crippen LogP) is 2.03. The number of rotatable bonds is 5. The number of carbonyl (C=O) groups excluding carboxylic acids is 1. The summed E-state index contributed by atoms with van der Waals surface area (Å²) >= 11 is 0. The van der Waals surface area contributed by atoms with Gasteiger partial charge in [0.15, 0.2) is 15.6 Å². The van der Waals surface area contributed by atoms with Crippen molar-refractivity contribution in [1.29, 1.82) is 5.26 Å². The number of carbonyl (C=O) groups is 1. The molecule has 5 heteroatoms. The van der Waals surface area contributed by atoms with Gasteiger partial charge in [0, 0.05) is 6.26 Å². The number of Topliss-reactive ketones (excluding diaryl/α,β-unsaturated/α-hetero) is 1. The van der Waals surface area contributed by atoms with Crippen LogP contribution < -0.4 is 0 Å². The summed E-state index contributed by atoms with van der Waals surface area (Å²) < 4.78 is 22.2. The number of hydrogen-bond acceptors (Lipinski definition) is 4. The Hall–Kier alpha value is -1.67. The van der Waals surface area contributed by atoms with Crippen LogP contribution >= 0.6 is 0 Å². The molecule has 0 fully saturated rings. The summed E-state index contributed by atoms with van der Waals surface area (Å²) in [7, 11) is -3.41. The van der Waals surface area contributed by atoms with Crippen LogP contribution in [-0.2, 0) is 14.6 Å². The van der Waals surface area contributed by atoms with Gasteiger partial charge >= 0.3 is 0 Å². The highest BCUT2D eigenvalue weighted by molar-refractivity contribution is 7.91. The van der Waals surface area contributed by atoms with Gasteiger partial charge in [-0.1, -0.05) is 38.1 Å². The van der Waals surface area contributed by atoms with Crippen molar-refractivity contribution in [2.45, 2.75) is 25.7 Å². The first-order valence-electron chi connectivity index (χ1n) is 5.94. The maximum Gasteiger partial charge on any atom is 0.169 e. The molecular weight excluding hydrogens is 262 g/mol. The molecule has 0 amide bonds. The summed E-state index contributed by atoms with van der Waals surface area (Å²) in [6.07, 6.45) is 0.987. The second-order valence-electron chi connectivity index (χ2n) is 4.92. The van der Waals surface area contributed by atoms with Gasteiger partial charge in [-0.2, -0.15) is 5.26 Å². The zero-order valence-corrected chi connectivity index (χ0v) is 12.1. The van der Waals surface area contributed by atoms with E-state index in [4.69, 9.17) is 5.26 Å². The second kappa shape index (κ2) is 5.98. The number of hydrogen-bond donors (Lipinski definition) is 0. The average molecular weight is 279 g/mol. The van der Waals surface area contributed by atoms with Crippen molar-refractivity contribution >= 4 is 15.6 Å². The third kappa shape index (κ3) is 4.49. The molecule has 0 aliphatic rings. The van der Waals surface area contributed by atoms with Crippen LogP contribution in [0.4, 0.5) is 0 Å². The minimum Gasteiger partial charge on any atom is -0.297 e. The predicted molar refractivity (Wildman–Crippen MR) is 73.6 cm³/mol. The van der Waals surface area contributed by atoms with Crippen LogP contribution in [0.25, 0.3) is 0 Å². The van der Waals surface area contributed by atoms with Gasteiger partial charge in [-0.05, 0) is 17.0 Å². The van der Waals surface area contributed by atoms with Crippen LogP contribution in [0.5, 0.6) is 0 Å². The Morgan fingerprint density at radius 1 is 1.21 bits per heavy atom. The second-order valence-corrected chi connectivity index (χ2v) is 7.06. The highest BCUT2D eigenvalue weighted by Crippen LogP contribution is 2.21. The Bertz CT molecular complexity index is 595. The Labute approximate surface area is 114 Å². The van der Waals surface area contributed by atoms with Gasteiger partial charge in [-0.25, -0.2) is 8.42 Å². The molecule has 0 bridgehead atoms. The molecule has 0 saturated carbocycles. The molecule has 19 heavy (non-hydrogen) atoms. The van der Waals surface area contributed by atoms with E-state index < -0.39 is 27.3 Å². The van der Waals surface area contributed by atoms with Crippen molar-refractivity contribution in [2.24, 2.45) is 0 Å². The molecular formula is C14H17NO3S. The fraction of sp³-hybridized carbons (Fsp3) is 0.429. The van der Waals surface area contributed by atoms with Gasteiger partial charge in [0.05, 0.1) is 6.07 Å². The van der Waals surface area contributed by atoms with E-state index in [9.17, 15) is 13.2 Å². The van der Waals surface area contributed by atoms with E-state index in [0.29, 0.717) is 11.5 Å². The maximum absolute atomic E-state index is 11.8. The molecule has 0 N–H and O–H groups in total. The third-order valence-electron chi connectivity index (χ3n) is 2.79. The summed E-state index contributed by atoms with van der Waals surface area (Å²) in [5, 5.41) is 9.06. The topological polar surface area (TPSA) is 75.0 Å². The van der Waals surface area contributed by atoms with Gasteiger partial charge < -0.3 is 0 Å². The zero-order chi connectivity index (χ0) is 14.6. The Kier molecular flexibility index (Phi) is 4.84. The summed E-state index contributed by atoms with van der Waals surface area (Å²) in [5.41, 5.74) is 1.65. The fourth-order valence-electron chi connectivity index (χ4n) is 1.75. The van der Waals surface area contributed by atoms with Crippen molar-refractivity contribution in [3.8, 4) is 6.07 Å². The van der Waals surface area contributed by atoms with Gasteiger partial charge in [-0.3, -0.25) is 4.79 Å². The van der Waals surface area contributed by atoms with Crippen LogP contribution in [0.2, 0.25) is 0 Å². The molecule has 0 spiro atoms. The SMILES string of the molecule is CC(C)c1ccc(C(C#N)C(=O)CS(C)(=O)=O)cc1. The van der Waals surface area contributed by atoms with E-state index in [1.54, 1.807) is 12.1 Å². The Morgan fingerprint density at radius 3 is 2.05 bits per heavy atom. The molecule has 0 aliphatic carbocycles. The number of benzene rings is 1. The van der Waals surface area contributed by atoms with Gasteiger partial charge in [-0.15, -0.1) is 0 Å². The first-order valence-corrected chi connectivity index (χ1v) is 8.00. The first kappa shape index (κ1) is 15.4. The van der Waals surface area contributed by atoms with Crippen molar-refractivity contribution in [2.75, 3.05) is 12.0 Å². The largest absolute Gasteiger partial charge is 0.297 e. The summed E-state index contributed by atoms with van der Waals surface area (Å²) in [5.74, 6) is -1.84. The van der Waals surface area contributed by atoms with Gasteiger partial charge in [0.25, 0.3) is 0 Å². The number of nitriles is 1. The lowest BCUT2D eigenvalue weighted by atomic mass is 9.94. The maximum atomic E-state index is 11.8. The summed E-state index contributed by atoms with van der Waals surface area (Å²) in [6.45, 7) is 4.09. The molecule has 0 radical (unpaired) electrons. The van der Waals surface area contributed by atoms with Crippen LogP contribution in [0.3, 0.4) is 0 Å². The highest BCUT2D eigenvalue weighted by atomic mass is 32.2. The quantitative estimate of drug-likeness (QED) is 0.826. The normalized spacial score (nSPS) is 13.0. The molecule has 0 saturated heterocycles. The third-order valence-corrected chi connectivity index (χ3v) is 3.60. The zero-order valence-electron chi connectivity index (χ0n) is 11.3. The number of ketones is 1. The number of nitrogens with zero attached hydrogens (tertiary/aromatic N) is 1. The lowest BCUT2D eigenvalue weighted by molar-refractivity contribution is -0.116. The van der Waals surface area contributed by atoms with E-state index in [0.717, 1.165) is 11.8 Å². The molecule has 0 heterocycles. The van der Waals surface area contributed by atoms with Crippen LogP contribution in [-0.4, -0.2) is 26.2 Å². The fourth-order valence-corrected chi connectivity index (χ4v) is 2.43. The minimum atomic E-state index is -3.41. The van der Waals surface area contributed by atoms with Crippen molar-refractivity contribution < 1.29 is 13.2 Å². The van der Waals surface area contributed by atoms with Crippen molar-refractivity contribution in [1.82, 2.24) is 0 Å². The van der Waals surface area contributed by atoms with E-state index in [2.05, 4.69) is 0 Å². The van der Waals surface area contributed by atoms with E-state index in [1.165, 1.54) is 0 Å². The lowest BCUT2D eigenvalue weighted by Gasteiger charge is -2.10. The molecule has 1 rings (SSSR count). The smallest absolute Gasteiger partial charge is 0.169 e. The standard InChI is InChI=1S/C14H17NO3S/c1-10(2)11-4-6-12(7-5-11)13(8-15)14(16)9-19(3,17)18/h4-7,10,13H,9H2,1-3H3. The lowest BCUT2D eigenvalue weighted by Crippen LogP contribution is -2.20. The monoisotopic (exact) mass is 279 g/mol. The van der Waals surface area contributed by atoms with E-state index in [1.807, 2.05) is 32.0 Å². The summed E-state index contributed by atoms with van der Waals surface area (Å²) in [4.78, 5) is 11.8. The molecule has 0 aliphatic heterocycles. The molecule has 1 unspecified atom stereocenters. The molecule has 1 atom stereocenters. The number of sulfone groups is 1. The Balaban J connectivity index is 2.98. The van der Waals surface area contributed by atoms with Crippen LogP contribution in [0.15, 0.2) is 24.3 Å². The van der Waals surface area contributed by atoms with Crippen LogP contribution in [0.1, 0.15) is 36.8 Å². The van der Waals surface area contributed by atoms with Gasteiger partial charge in [0.1, 0.15) is 11.7 Å². The summed E-state index contributed by atoms with van der Waals surface area (Å²) in [6, 6.07) is 9.02. The molecule has 102 valence electrons. The van der Waals surface area contributed by atoms with E-state index in [-0.39, 0.29) is 0 Å². The van der Waals surface area contributed by atoms with Gasteiger partial charge in [0.2, 0.25) is 0 Å². The Morgan fingerprint density at radius 2 is 1.68 bits per heavy atom.